The van der Waals surface area contributed by atoms with Gasteiger partial charge in [0, 0.05) is 49.8 Å². The predicted octanol–water partition coefficient (Wildman–Crippen LogP) is 8.36. The molecule has 1 fully saturated rings. The van der Waals surface area contributed by atoms with Gasteiger partial charge in [-0.15, -0.1) is 5.10 Å². The van der Waals surface area contributed by atoms with Crippen molar-refractivity contribution in [1.82, 2.24) is 34.2 Å². The summed E-state index contributed by atoms with van der Waals surface area (Å²) in [4.78, 5) is 2.39. The average Bonchev–Trinajstić information content (AvgIpc) is 3.68. The molecule has 0 N–H and O–H groups in total. The van der Waals surface area contributed by atoms with Crippen molar-refractivity contribution < 1.29 is 23.0 Å². The molecular formula is C39H58FN7O4Si. The lowest BCUT2D eigenvalue weighted by Gasteiger charge is -2.36. The molecule has 52 heavy (non-hydrogen) atoms. The van der Waals surface area contributed by atoms with Gasteiger partial charge in [0.15, 0.2) is 14.5 Å². The van der Waals surface area contributed by atoms with Crippen LogP contribution >= 0.6 is 0 Å². The molecular weight excluding hydrogens is 678 g/mol. The largest absolute Gasteiger partial charge is 0.476 e. The van der Waals surface area contributed by atoms with Crippen LogP contribution < -0.4 is 9.47 Å². The first kappa shape index (κ1) is 38.2. The van der Waals surface area contributed by atoms with Crippen LogP contribution in [0.2, 0.25) is 18.1 Å². The van der Waals surface area contributed by atoms with Gasteiger partial charge < -0.3 is 18.6 Å². The van der Waals surface area contributed by atoms with Crippen LogP contribution in [-0.4, -0.2) is 81.1 Å². The second kappa shape index (κ2) is 15.1. The van der Waals surface area contributed by atoms with E-state index in [4.69, 9.17) is 28.8 Å². The highest BCUT2D eigenvalue weighted by atomic mass is 28.4. The van der Waals surface area contributed by atoms with Gasteiger partial charge in [-0.25, -0.2) is 13.8 Å². The Balaban J connectivity index is 1.54. The molecule has 0 spiro atoms. The molecule has 3 aromatic heterocycles. The number of ether oxygens (including phenoxy) is 3. The third kappa shape index (κ3) is 7.60. The number of hydrogen-bond donors (Lipinski definition) is 0. The molecule has 2 aliphatic heterocycles. The molecule has 0 amide bonds. The van der Waals surface area contributed by atoms with E-state index in [2.05, 4.69) is 75.4 Å². The molecule has 0 saturated carbocycles. The Bertz CT molecular complexity index is 1920. The molecule has 0 radical (unpaired) electrons. The van der Waals surface area contributed by atoms with Crippen LogP contribution in [0.3, 0.4) is 0 Å². The van der Waals surface area contributed by atoms with Crippen LogP contribution in [0.25, 0.3) is 34.2 Å². The van der Waals surface area contributed by atoms with Crippen molar-refractivity contribution >= 4 is 31.4 Å². The van der Waals surface area contributed by atoms with Crippen molar-refractivity contribution in [2.45, 2.75) is 124 Å². The van der Waals surface area contributed by atoms with Crippen LogP contribution in [0.15, 0.2) is 12.1 Å². The lowest BCUT2D eigenvalue weighted by atomic mass is 10.0. The molecule has 0 aliphatic carbocycles. The van der Waals surface area contributed by atoms with Gasteiger partial charge in [0.05, 0.1) is 53.5 Å². The standard InChI is InChI=1S/C39H58FN7O4Si/c1-12-48-37-28-16-17-32-30-21-29(31(40)22-33(30)47(42-32)35-15-13-14-19-49-35)36-27(5)41-44(9)38(36)51-26(4)23-45(25(2)3)24-34(28)46(43-37)18-20-50-52(10,11)39(6,7)8/h16-17,21-22,25-26,35H,12-15,18-20,23-24H2,1-11H3/b17-16+/t26-,35?/m0/s1. The Morgan fingerprint density at radius 1 is 1.10 bits per heavy atom. The van der Waals surface area contributed by atoms with E-state index in [9.17, 15) is 0 Å². The summed E-state index contributed by atoms with van der Waals surface area (Å²) in [6, 6.07) is 3.67. The summed E-state index contributed by atoms with van der Waals surface area (Å²) in [5, 5.41) is 15.7. The fraction of sp³-hybridized carbons (Fsp3) is 0.615. The lowest BCUT2D eigenvalue weighted by Crippen LogP contribution is -2.41. The molecule has 5 heterocycles. The minimum Gasteiger partial charge on any atom is -0.476 e. The summed E-state index contributed by atoms with van der Waals surface area (Å²) in [7, 11) is -0.126. The van der Waals surface area contributed by atoms with Gasteiger partial charge >= 0.3 is 0 Å². The van der Waals surface area contributed by atoms with Gasteiger partial charge in [-0.05, 0) is 90.2 Å². The first-order chi connectivity index (χ1) is 24.6. The van der Waals surface area contributed by atoms with Crippen molar-refractivity contribution in [2.24, 2.45) is 7.05 Å². The van der Waals surface area contributed by atoms with Crippen molar-refractivity contribution in [3.63, 3.8) is 0 Å². The van der Waals surface area contributed by atoms with E-state index in [0.717, 1.165) is 35.9 Å². The number of benzene rings is 1. The summed E-state index contributed by atoms with van der Waals surface area (Å²) in [6.45, 7) is 25.1. The molecule has 1 unspecified atom stereocenters. The van der Waals surface area contributed by atoms with Crippen molar-refractivity contribution in [3.8, 4) is 22.9 Å². The van der Waals surface area contributed by atoms with Crippen molar-refractivity contribution in [1.29, 1.82) is 0 Å². The van der Waals surface area contributed by atoms with E-state index in [1.807, 2.05) is 37.7 Å². The zero-order valence-electron chi connectivity index (χ0n) is 33.0. The highest BCUT2D eigenvalue weighted by Crippen LogP contribution is 2.40. The van der Waals surface area contributed by atoms with Gasteiger partial charge in [0.1, 0.15) is 11.9 Å². The van der Waals surface area contributed by atoms with Gasteiger partial charge in [-0.2, -0.15) is 10.2 Å². The van der Waals surface area contributed by atoms with Gasteiger partial charge in [0.25, 0.3) is 0 Å². The van der Waals surface area contributed by atoms with Crippen LogP contribution in [-0.2, 0) is 29.3 Å². The van der Waals surface area contributed by atoms with E-state index in [-0.39, 0.29) is 29.2 Å². The molecule has 284 valence electrons. The number of nitrogens with zero attached hydrogens (tertiary/aromatic N) is 7. The van der Waals surface area contributed by atoms with E-state index in [1.54, 1.807) is 10.7 Å². The Kier molecular flexibility index (Phi) is 11.1. The number of fused-ring (bicyclic) bond motifs is 4. The molecule has 6 rings (SSSR count). The number of halogens is 1. The van der Waals surface area contributed by atoms with Gasteiger partial charge in [-0.1, -0.05) is 20.8 Å². The van der Waals surface area contributed by atoms with E-state index < -0.39 is 8.32 Å². The monoisotopic (exact) mass is 735 g/mol. The molecule has 4 aromatic rings. The maximum Gasteiger partial charge on any atom is 0.240 e. The summed E-state index contributed by atoms with van der Waals surface area (Å²) in [6.07, 6.45) is 6.41. The smallest absolute Gasteiger partial charge is 0.240 e. The van der Waals surface area contributed by atoms with Crippen LogP contribution in [0.5, 0.6) is 11.8 Å². The second-order valence-corrected chi connectivity index (χ2v) is 20.9. The van der Waals surface area contributed by atoms with E-state index >= 15 is 4.39 Å². The Hall–Kier alpha value is -3.52. The zero-order valence-corrected chi connectivity index (χ0v) is 34.0. The summed E-state index contributed by atoms with van der Waals surface area (Å²) >= 11 is 0. The summed E-state index contributed by atoms with van der Waals surface area (Å²) in [5.74, 6) is 0.747. The fourth-order valence-electron chi connectivity index (χ4n) is 6.94. The van der Waals surface area contributed by atoms with Crippen molar-refractivity contribution in [2.75, 3.05) is 26.4 Å². The molecule has 11 nitrogen and oxygen atoms in total. The minimum absolute atomic E-state index is 0.0997. The van der Waals surface area contributed by atoms with Crippen LogP contribution in [0.1, 0.15) is 96.6 Å². The molecule has 2 bridgehead atoms. The zero-order chi connectivity index (χ0) is 37.5. The quantitative estimate of drug-likeness (QED) is 0.167. The first-order valence-electron chi connectivity index (χ1n) is 18.9. The Morgan fingerprint density at radius 2 is 1.87 bits per heavy atom. The molecule has 1 saturated heterocycles. The molecule has 1 aromatic carbocycles. The summed E-state index contributed by atoms with van der Waals surface area (Å²) in [5.41, 5.74) is 5.09. The van der Waals surface area contributed by atoms with Crippen LogP contribution in [0.4, 0.5) is 4.39 Å². The second-order valence-electron chi connectivity index (χ2n) is 16.1. The first-order valence-corrected chi connectivity index (χ1v) is 21.8. The van der Waals surface area contributed by atoms with E-state index in [1.165, 1.54) is 0 Å². The van der Waals surface area contributed by atoms with Gasteiger partial charge in [0.2, 0.25) is 11.8 Å². The molecule has 2 atom stereocenters. The Morgan fingerprint density at radius 3 is 2.54 bits per heavy atom. The maximum atomic E-state index is 16.4. The third-order valence-electron chi connectivity index (χ3n) is 10.9. The topological polar surface area (TPSA) is 93.6 Å². The lowest BCUT2D eigenvalue weighted by molar-refractivity contribution is -0.0367. The summed E-state index contributed by atoms with van der Waals surface area (Å²) < 4.78 is 47.7. The van der Waals surface area contributed by atoms with Gasteiger partial charge in [-0.3, -0.25) is 9.58 Å². The number of aryl methyl sites for hydroxylation is 2. The SMILES string of the molecule is CCOc1nn(CCO[Si](C)(C)C(C)(C)C)c2c1/C=C/c1nn(C3CCCCO3)c3cc(F)c(cc13)-c1c(C)nn(C)c1O[C@@H](C)CN(C(C)C)C2. The van der Waals surface area contributed by atoms with Crippen LogP contribution in [0, 0.1) is 12.7 Å². The number of rotatable bonds is 8. The fourth-order valence-corrected chi connectivity index (χ4v) is 7.97. The predicted molar refractivity (Wildman–Crippen MR) is 207 cm³/mol. The minimum atomic E-state index is -1.98. The van der Waals surface area contributed by atoms with E-state index in [0.29, 0.717) is 79.2 Å². The maximum absolute atomic E-state index is 16.4. The molecule has 2 aliphatic rings. The molecule has 13 heteroatoms. The average molecular weight is 736 g/mol. The number of aromatic nitrogens is 6. The normalized spacial score (nSPS) is 19.7. The third-order valence-corrected chi connectivity index (χ3v) is 15.4. The number of hydrogen-bond acceptors (Lipinski definition) is 8. The highest BCUT2D eigenvalue weighted by molar-refractivity contribution is 6.74. The Labute approximate surface area is 309 Å². The highest BCUT2D eigenvalue weighted by Gasteiger charge is 2.37. The van der Waals surface area contributed by atoms with Crippen molar-refractivity contribution in [3.05, 3.63) is 40.6 Å².